The third-order valence-corrected chi connectivity index (χ3v) is 3.36. The Labute approximate surface area is 124 Å². The first kappa shape index (κ1) is 13.5. The third-order valence-electron chi connectivity index (χ3n) is 3.36. The van der Waals surface area contributed by atoms with E-state index >= 15 is 0 Å². The zero-order valence-electron chi connectivity index (χ0n) is 12.0. The number of urea groups is 1. The van der Waals surface area contributed by atoms with Gasteiger partial charge in [0.1, 0.15) is 0 Å². The van der Waals surface area contributed by atoms with Gasteiger partial charge in [-0.05, 0) is 61.7 Å². The molecule has 0 radical (unpaired) electrons. The van der Waals surface area contributed by atoms with Crippen molar-refractivity contribution in [1.29, 1.82) is 0 Å². The van der Waals surface area contributed by atoms with Crippen molar-refractivity contribution in [2.75, 3.05) is 10.6 Å². The molecule has 0 atom stereocenters. The molecule has 1 aliphatic rings. The second kappa shape index (κ2) is 5.87. The number of rotatable bonds is 4. The van der Waals surface area contributed by atoms with Crippen molar-refractivity contribution in [3.63, 3.8) is 0 Å². The van der Waals surface area contributed by atoms with Crippen molar-refractivity contribution >= 4 is 23.1 Å². The van der Waals surface area contributed by atoms with E-state index in [1.165, 1.54) is 5.56 Å². The molecular weight excluding hydrogens is 262 g/mol. The van der Waals surface area contributed by atoms with Crippen LogP contribution in [0.4, 0.5) is 21.9 Å². The second-order valence-corrected chi connectivity index (χ2v) is 5.44. The number of aryl methyl sites for hydroxylation is 1. The molecule has 0 spiro atoms. The van der Waals surface area contributed by atoms with E-state index in [4.69, 9.17) is 0 Å². The molecule has 0 unspecified atom stereocenters. The van der Waals surface area contributed by atoms with Gasteiger partial charge in [-0.3, -0.25) is 0 Å². The summed E-state index contributed by atoms with van der Waals surface area (Å²) in [5, 5.41) is 9.07. The summed E-state index contributed by atoms with van der Waals surface area (Å²) in [6, 6.07) is 16.1. The van der Waals surface area contributed by atoms with Crippen molar-refractivity contribution in [1.82, 2.24) is 5.32 Å². The fraction of sp³-hybridized carbons (Fsp3) is 0.235. The maximum atomic E-state index is 11.6. The molecule has 1 fully saturated rings. The molecule has 3 N–H and O–H groups in total. The van der Waals surface area contributed by atoms with Crippen LogP contribution in [0.25, 0.3) is 0 Å². The van der Waals surface area contributed by atoms with Gasteiger partial charge >= 0.3 is 6.03 Å². The van der Waals surface area contributed by atoms with Crippen molar-refractivity contribution < 1.29 is 4.79 Å². The van der Waals surface area contributed by atoms with E-state index in [-0.39, 0.29) is 6.03 Å². The highest BCUT2D eigenvalue weighted by Crippen LogP contribution is 2.21. The van der Waals surface area contributed by atoms with Gasteiger partial charge in [0, 0.05) is 23.1 Å². The van der Waals surface area contributed by atoms with Crippen LogP contribution < -0.4 is 16.0 Å². The van der Waals surface area contributed by atoms with E-state index in [2.05, 4.69) is 35.0 Å². The Bertz CT molecular complexity index is 633. The van der Waals surface area contributed by atoms with Crippen LogP contribution in [0, 0.1) is 6.92 Å². The van der Waals surface area contributed by atoms with Gasteiger partial charge in [-0.15, -0.1) is 0 Å². The fourth-order valence-corrected chi connectivity index (χ4v) is 2.11. The maximum Gasteiger partial charge on any atom is 0.319 e. The lowest BCUT2D eigenvalue weighted by atomic mass is 10.2. The Morgan fingerprint density at radius 1 is 1.00 bits per heavy atom. The molecule has 3 rings (SSSR count). The first-order valence-corrected chi connectivity index (χ1v) is 7.20. The quantitative estimate of drug-likeness (QED) is 0.792. The highest BCUT2D eigenvalue weighted by Gasteiger charge is 2.23. The minimum absolute atomic E-state index is 0.128. The van der Waals surface area contributed by atoms with Crippen LogP contribution in [-0.2, 0) is 0 Å². The van der Waals surface area contributed by atoms with E-state index in [9.17, 15) is 4.79 Å². The fourth-order valence-electron chi connectivity index (χ4n) is 2.11. The topological polar surface area (TPSA) is 53.2 Å². The Balaban J connectivity index is 1.59. The summed E-state index contributed by atoms with van der Waals surface area (Å²) in [5.74, 6) is 0. The average Bonchev–Trinajstić information content (AvgIpc) is 3.25. The summed E-state index contributed by atoms with van der Waals surface area (Å²) in [6.07, 6.45) is 2.18. The number of benzene rings is 2. The molecule has 0 bridgehead atoms. The van der Waals surface area contributed by atoms with Crippen molar-refractivity contribution in [2.24, 2.45) is 0 Å². The van der Waals surface area contributed by atoms with Crippen LogP contribution in [0.3, 0.4) is 0 Å². The summed E-state index contributed by atoms with van der Waals surface area (Å²) in [6.45, 7) is 2.07. The van der Waals surface area contributed by atoms with Crippen LogP contribution in [0.1, 0.15) is 18.4 Å². The standard InChI is InChI=1S/C17H19N3O/c1-12-3-2-4-16(11-12)18-13-5-7-14(8-6-13)19-17(21)20-15-9-10-15/h2-8,11,15,18H,9-10H2,1H3,(H2,19,20,21). The molecule has 2 amide bonds. The van der Waals surface area contributed by atoms with Crippen molar-refractivity contribution in [3.8, 4) is 0 Å². The van der Waals surface area contributed by atoms with Crippen LogP contribution in [0.15, 0.2) is 48.5 Å². The van der Waals surface area contributed by atoms with E-state index < -0.39 is 0 Å². The Hall–Kier alpha value is -2.49. The number of carbonyl (C=O) groups excluding carboxylic acids is 1. The Morgan fingerprint density at radius 3 is 2.38 bits per heavy atom. The lowest BCUT2D eigenvalue weighted by Gasteiger charge is -2.09. The van der Waals surface area contributed by atoms with Gasteiger partial charge in [-0.2, -0.15) is 0 Å². The van der Waals surface area contributed by atoms with Crippen LogP contribution >= 0.6 is 0 Å². The average molecular weight is 281 g/mol. The largest absolute Gasteiger partial charge is 0.356 e. The molecule has 1 saturated carbocycles. The normalized spacial score (nSPS) is 13.6. The van der Waals surface area contributed by atoms with Gasteiger partial charge < -0.3 is 16.0 Å². The third kappa shape index (κ3) is 3.99. The monoisotopic (exact) mass is 281 g/mol. The van der Waals surface area contributed by atoms with Gasteiger partial charge in [-0.1, -0.05) is 12.1 Å². The molecule has 0 saturated heterocycles. The molecule has 108 valence electrons. The van der Waals surface area contributed by atoms with E-state index in [0.29, 0.717) is 6.04 Å². The lowest BCUT2D eigenvalue weighted by Crippen LogP contribution is -2.30. The number of hydrogen-bond acceptors (Lipinski definition) is 2. The van der Waals surface area contributed by atoms with Crippen LogP contribution in [-0.4, -0.2) is 12.1 Å². The Morgan fingerprint density at radius 2 is 1.71 bits per heavy atom. The Kier molecular flexibility index (Phi) is 3.77. The molecule has 21 heavy (non-hydrogen) atoms. The minimum atomic E-state index is -0.128. The lowest BCUT2D eigenvalue weighted by molar-refractivity contribution is 0.251. The highest BCUT2D eigenvalue weighted by molar-refractivity contribution is 5.89. The van der Waals surface area contributed by atoms with E-state index in [1.54, 1.807) is 0 Å². The van der Waals surface area contributed by atoms with Gasteiger partial charge in [-0.25, -0.2) is 4.79 Å². The smallest absolute Gasteiger partial charge is 0.319 e. The number of hydrogen-bond donors (Lipinski definition) is 3. The van der Waals surface area contributed by atoms with E-state index in [0.717, 1.165) is 29.9 Å². The van der Waals surface area contributed by atoms with Gasteiger partial charge in [0.25, 0.3) is 0 Å². The summed E-state index contributed by atoms with van der Waals surface area (Å²) in [5.41, 5.74) is 4.06. The zero-order chi connectivity index (χ0) is 14.7. The summed E-state index contributed by atoms with van der Waals surface area (Å²) >= 11 is 0. The van der Waals surface area contributed by atoms with E-state index in [1.807, 2.05) is 36.4 Å². The molecule has 2 aromatic carbocycles. The van der Waals surface area contributed by atoms with Gasteiger partial charge in [0.2, 0.25) is 0 Å². The number of anilines is 3. The van der Waals surface area contributed by atoms with Gasteiger partial charge in [0.15, 0.2) is 0 Å². The molecular formula is C17H19N3O. The second-order valence-electron chi connectivity index (χ2n) is 5.44. The summed E-state index contributed by atoms with van der Waals surface area (Å²) < 4.78 is 0. The molecule has 0 aliphatic heterocycles. The minimum Gasteiger partial charge on any atom is -0.356 e. The number of nitrogens with one attached hydrogen (secondary N) is 3. The molecule has 0 aromatic heterocycles. The molecule has 4 nitrogen and oxygen atoms in total. The van der Waals surface area contributed by atoms with Crippen LogP contribution in [0.2, 0.25) is 0 Å². The molecule has 0 heterocycles. The van der Waals surface area contributed by atoms with Crippen molar-refractivity contribution in [3.05, 3.63) is 54.1 Å². The highest BCUT2D eigenvalue weighted by atomic mass is 16.2. The molecule has 2 aromatic rings. The number of carbonyl (C=O) groups is 1. The first-order chi connectivity index (χ1) is 10.2. The molecule has 1 aliphatic carbocycles. The predicted molar refractivity (Wildman–Crippen MR) is 86.1 cm³/mol. The number of amides is 2. The summed E-state index contributed by atoms with van der Waals surface area (Å²) in [4.78, 5) is 11.6. The van der Waals surface area contributed by atoms with Crippen LogP contribution in [0.5, 0.6) is 0 Å². The SMILES string of the molecule is Cc1cccc(Nc2ccc(NC(=O)NC3CC3)cc2)c1. The predicted octanol–water partition coefficient (Wildman–Crippen LogP) is 4.02. The zero-order valence-corrected chi connectivity index (χ0v) is 12.0. The van der Waals surface area contributed by atoms with Gasteiger partial charge in [0.05, 0.1) is 0 Å². The molecule has 4 heteroatoms. The summed E-state index contributed by atoms with van der Waals surface area (Å²) in [7, 11) is 0. The first-order valence-electron chi connectivity index (χ1n) is 7.20. The maximum absolute atomic E-state index is 11.6. The van der Waals surface area contributed by atoms with Crippen molar-refractivity contribution in [2.45, 2.75) is 25.8 Å².